The Morgan fingerprint density at radius 3 is 2.33 bits per heavy atom. The second-order valence-corrected chi connectivity index (χ2v) is 9.30. The largest absolute Gasteiger partial charge is 0.507 e. The van der Waals surface area contributed by atoms with Crippen LogP contribution in [0.5, 0.6) is 11.5 Å². The molecule has 1 aliphatic heterocycles. The third kappa shape index (κ3) is 6.66. The zero-order valence-electron chi connectivity index (χ0n) is 21.8. The Bertz CT molecular complexity index is 1060. The first-order chi connectivity index (χ1) is 17.4. The Morgan fingerprint density at radius 2 is 1.67 bits per heavy atom. The van der Waals surface area contributed by atoms with Crippen LogP contribution in [0, 0.1) is 0 Å². The summed E-state index contributed by atoms with van der Waals surface area (Å²) in [7, 11) is 3.94. The number of rotatable bonds is 13. The maximum absolute atomic E-state index is 13.2. The molecule has 0 saturated carbocycles. The molecule has 1 aliphatic rings. The lowest BCUT2D eigenvalue weighted by Crippen LogP contribution is -2.32. The van der Waals surface area contributed by atoms with Crippen LogP contribution in [0.15, 0.2) is 54.1 Å². The number of benzene rings is 2. The number of carbonyl (C=O) groups excluding carboxylic acids is 2. The number of aliphatic hydroxyl groups is 1. The van der Waals surface area contributed by atoms with E-state index >= 15 is 0 Å². The first kappa shape index (κ1) is 27.3. The number of hydrogen-bond donors (Lipinski definition) is 1. The molecule has 0 aliphatic carbocycles. The summed E-state index contributed by atoms with van der Waals surface area (Å²) >= 11 is 0. The van der Waals surface area contributed by atoms with Crippen molar-refractivity contribution in [2.24, 2.45) is 0 Å². The molecule has 1 atom stereocenters. The fourth-order valence-corrected chi connectivity index (χ4v) is 4.20. The normalized spacial score (nSPS) is 17.1. The third-order valence-electron chi connectivity index (χ3n) is 6.09. The van der Waals surface area contributed by atoms with Gasteiger partial charge in [-0.25, -0.2) is 0 Å². The lowest BCUT2D eigenvalue weighted by atomic mass is 9.95. The maximum Gasteiger partial charge on any atom is 0.295 e. The number of Topliss-reactive ketones (excluding diaryl/α,β-unsaturated/α-hetero) is 1. The van der Waals surface area contributed by atoms with Crippen LogP contribution in [0.1, 0.15) is 56.7 Å². The molecule has 1 N–H and O–H groups in total. The molecule has 1 saturated heterocycles. The predicted octanol–water partition coefficient (Wildman–Crippen LogP) is 5.03. The summed E-state index contributed by atoms with van der Waals surface area (Å²) in [5.41, 5.74) is 1.29. The van der Waals surface area contributed by atoms with Crippen molar-refractivity contribution in [2.45, 2.75) is 45.6 Å². The summed E-state index contributed by atoms with van der Waals surface area (Å²) in [6.45, 7) is 6.49. The van der Waals surface area contributed by atoms with E-state index in [1.807, 2.05) is 56.3 Å². The van der Waals surface area contributed by atoms with Crippen LogP contribution in [-0.4, -0.2) is 67.0 Å². The predicted molar refractivity (Wildman–Crippen MR) is 141 cm³/mol. The van der Waals surface area contributed by atoms with Crippen LogP contribution >= 0.6 is 0 Å². The van der Waals surface area contributed by atoms with Crippen molar-refractivity contribution in [1.29, 1.82) is 0 Å². The van der Waals surface area contributed by atoms with Gasteiger partial charge in [-0.15, -0.1) is 0 Å². The van der Waals surface area contributed by atoms with Crippen molar-refractivity contribution in [3.05, 3.63) is 65.2 Å². The van der Waals surface area contributed by atoms with Gasteiger partial charge in [0.2, 0.25) is 0 Å². The molecule has 0 radical (unpaired) electrons. The van der Waals surface area contributed by atoms with E-state index in [2.05, 4.69) is 6.92 Å². The first-order valence-electron chi connectivity index (χ1n) is 12.8. The van der Waals surface area contributed by atoms with Crippen molar-refractivity contribution in [2.75, 3.05) is 40.4 Å². The first-order valence-corrected chi connectivity index (χ1v) is 12.8. The van der Waals surface area contributed by atoms with Gasteiger partial charge in [0, 0.05) is 12.1 Å². The summed E-state index contributed by atoms with van der Waals surface area (Å²) in [6.07, 6.45) is 3.54. The summed E-state index contributed by atoms with van der Waals surface area (Å²) in [6, 6.07) is 13.7. The number of nitrogens with zero attached hydrogens (tertiary/aromatic N) is 2. The highest BCUT2D eigenvalue weighted by Crippen LogP contribution is 2.40. The van der Waals surface area contributed by atoms with Gasteiger partial charge < -0.3 is 24.4 Å². The molecular weight excluding hydrogens is 456 g/mol. The van der Waals surface area contributed by atoms with Gasteiger partial charge in [0.15, 0.2) is 0 Å². The van der Waals surface area contributed by atoms with Crippen LogP contribution < -0.4 is 9.47 Å². The van der Waals surface area contributed by atoms with Gasteiger partial charge in [0.1, 0.15) is 17.3 Å². The summed E-state index contributed by atoms with van der Waals surface area (Å²) < 4.78 is 11.5. The van der Waals surface area contributed by atoms with Crippen molar-refractivity contribution in [3.63, 3.8) is 0 Å². The second kappa shape index (κ2) is 13.1. The van der Waals surface area contributed by atoms with Crippen LogP contribution in [0.25, 0.3) is 5.76 Å². The third-order valence-corrected chi connectivity index (χ3v) is 6.09. The average molecular weight is 495 g/mol. The molecule has 0 spiro atoms. The number of carbonyl (C=O) groups is 2. The Hall–Kier alpha value is -3.32. The molecule has 1 unspecified atom stereocenters. The Labute approximate surface area is 214 Å². The number of ketones is 1. The SMILES string of the molecule is CCCCOc1cccc(/C(O)=C2\C(=O)C(=O)N(CCCN(C)C)C2c2ccc(OCCC)cc2)c1. The van der Waals surface area contributed by atoms with Gasteiger partial charge >= 0.3 is 0 Å². The van der Waals surface area contributed by atoms with Crippen molar-refractivity contribution < 1.29 is 24.2 Å². The molecule has 1 amide bonds. The number of ether oxygens (including phenoxy) is 2. The number of unbranched alkanes of at least 4 members (excludes halogenated alkanes) is 1. The van der Waals surface area contributed by atoms with Crippen LogP contribution in [-0.2, 0) is 9.59 Å². The lowest BCUT2D eigenvalue weighted by molar-refractivity contribution is -0.139. The molecule has 7 heteroatoms. The number of amides is 1. The van der Waals surface area contributed by atoms with Gasteiger partial charge in [-0.1, -0.05) is 44.5 Å². The molecule has 7 nitrogen and oxygen atoms in total. The van der Waals surface area contributed by atoms with Gasteiger partial charge in [-0.2, -0.15) is 0 Å². The van der Waals surface area contributed by atoms with E-state index < -0.39 is 17.7 Å². The molecule has 2 aromatic rings. The van der Waals surface area contributed by atoms with E-state index in [0.717, 1.165) is 37.1 Å². The van der Waals surface area contributed by atoms with E-state index in [0.29, 0.717) is 37.5 Å². The van der Waals surface area contributed by atoms with E-state index in [4.69, 9.17) is 9.47 Å². The highest BCUT2D eigenvalue weighted by Gasteiger charge is 2.45. The number of likely N-dealkylation sites (tertiary alicyclic amines) is 1. The lowest BCUT2D eigenvalue weighted by Gasteiger charge is -2.26. The van der Waals surface area contributed by atoms with Gasteiger partial charge in [0.25, 0.3) is 11.7 Å². The molecule has 0 bridgehead atoms. The second-order valence-electron chi connectivity index (χ2n) is 9.30. The van der Waals surface area contributed by atoms with Crippen molar-refractivity contribution in [1.82, 2.24) is 9.80 Å². The average Bonchev–Trinajstić information content (AvgIpc) is 3.12. The fourth-order valence-electron chi connectivity index (χ4n) is 4.20. The number of aliphatic hydroxyl groups excluding tert-OH is 1. The summed E-state index contributed by atoms with van der Waals surface area (Å²) in [5.74, 6) is -0.127. The quantitative estimate of drug-likeness (QED) is 0.182. The van der Waals surface area contributed by atoms with E-state index in [-0.39, 0.29) is 11.3 Å². The highest BCUT2D eigenvalue weighted by molar-refractivity contribution is 6.46. The van der Waals surface area contributed by atoms with E-state index in [1.165, 1.54) is 0 Å². The molecule has 2 aromatic carbocycles. The Morgan fingerprint density at radius 1 is 0.944 bits per heavy atom. The zero-order valence-corrected chi connectivity index (χ0v) is 21.8. The van der Waals surface area contributed by atoms with Crippen LogP contribution in [0.3, 0.4) is 0 Å². The minimum atomic E-state index is -0.683. The minimum Gasteiger partial charge on any atom is -0.507 e. The highest BCUT2D eigenvalue weighted by atomic mass is 16.5. The zero-order chi connectivity index (χ0) is 26.1. The van der Waals surface area contributed by atoms with Crippen LogP contribution in [0.4, 0.5) is 0 Å². The number of hydrogen-bond acceptors (Lipinski definition) is 6. The Kier molecular flexibility index (Phi) is 9.94. The van der Waals surface area contributed by atoms with Crippen molar-refractivity contribution in [3.8, 4) is 11.5 Å². The molecule has 194 valence electrons. The Balaban J connectivity index is 2.00. The van der Waals surface area contributed by atoms with Gasteiger partial charge in [0.05, 0.1) is 24.8 Å². The molecule has 1 heterocycles. The molecule has 1 fully saturated rings. The standard InChI is InChI=1S/C29H38N2O5/c1-5-7-19-36-24-11-8-10-22(20-24)27(32)25-26(21-12-14-23(15-13-21)35-18-6-2)31(29(34)28(25)33)17-9-16-30(3)4/h8,10-15,20,26,32H,5-7,9,16-19H2,1-4H3/b27-25+. The van der Waals surface area contributed by atoms with Gasteiger partial charge in [-0.05, 0) is 69.7 Å². The van der Waals surface area contributed by atoms with Gasteiger partial charge in [-0.3, -0.25) is 9.59 Å². The maximum atomic E-state index is 13.2. The molecule has 3 rings (SSSR count). The smallest absolute Gasteiger partial charge is 0.295 e. The molecular formula is C29H38N2O5. The minimum absolute atomic E-state index is 0.0952. The molecule has 0 aromatic heterocycles. The van der Waals surface area contributed by atoms with Crippen molar-refractivity contribution >= 4 is 17.4 Å². The topological polar surface area (TPSA) is 79.3 Å². The molecule has 36 heavy (non-hydrogen) atoms. The van der Waals surface area contributed by atoms with E-state index in [1.54, 1.807) is 23.1 Å². The fraction of sp³-hybridized carbons (Fsp3) is 0.448. The summed E-state index contributed by atoms with van der Waals surface area (Å²) in [5, 5.41) is 11.3. The summed E-state index contributed by atoms with van der Waals surface area (Å²) in [4.78, 5) is 30.0. The van der Waals surface area contributed by atoms with Crippen LogP contribution in [0.2, 0.25) is 0 Å². The van der Waals surface area contributed by atoms with E-state index in [9.17, 15) is 14.7 Å². The monoisotopic (exact) mass is 494 g/mol.